The van der Waals surface area contributed by atoms with Gasteiger partial charge >= 0.3 is 11.5 Å². The molecular weight excluding hydrogens is 326 g/mol. The van der Waals surface area contributed by atoms with E-state index >= 15 is 0 Å². The van der Waals surface area contributed by atoms with E-state index in [1.54, 1.807) is 12.3 Å². The molecule has 0 aliphatic carbocycles. The third-order valence-electron chi connectivity index (χ3n) is 4.31. The number of aryl methyl sites for hydroxylation is 1. The molecule has 2 N–H and O–H groups in total. The molecule has 2 aromatic heterocycles. The highest BCUT2D eigenvalue weighted by molar-refractivity contribution is 6.05. The number of aromatic amines is 1. The van der Waals surface area contributed by atoms with Crippen LogP contribution in [0.3, 0.4) is 0 Å². The summed E-state index contributed by atoms with van der Waals surface area (Å²) in [7, 11) is 0. The Morgan fingerprint density at radius 3 is 2.73 bits per heavy atom. The van der Waals surface area contributed by atoms with Crippen LogP contribution in [-0.2, 0) is 0 Å². The molecule has 0 radical (unpaired) electrons. The molecule has 0 spiro atoms. The van der Waals surface area contributed by atoms with Crippen molar-refractivity contribution in [2.75, 3.05) is 5.32 Å². The molecule has 0 unspecified atom stereocenters. The fraction of sp³-hybridized carbons (Fsp3) is 0.0952. The van der Waals surface area contributed by atoms with Gasteiger partial charge < -0.3 is 9.73 Å². The summed E-state index contributed by atoms with van der Waals surface area (Å²) in [5, 5.41) is 2.98. The molecule has 0 saturated heterocycles. The fourth-order valence-corrected chi connectivity index (χ4v) is 2.91. The maximum absolute atomic E-state index is 12.6. The van der Waals surface area contributed by atoms with Crippen LogP contribution in [0.25, 0.3) is 22.7 Å². The lowest BCUT2D eigenvalue weighted by Crippen LogP contribution is -2.13. The van der Waals surface area contributed by atoms with Crippen molar-refractivity contribution < 1.29 is 14.2 Å². The highest BCUT2D eigenvalue weighted by atomic mass is 16.3. The minimum Gasteiger partial charge on any atom is -0.411 e. The predicted octanol–water partition coefficient (Wildman–Crippen LogP) is 4.18. The Labute approximate surface area is 150 Å². The van der Waals surface area contributed by atoms with E-state index in [0.717, 1.165) is 22.4 Å². The molecule has 0 saturated carbocycles. The van der Waals surface area contributed by atoms with Gasteiger partial charge in [-0.1, -0.05) is 23.8 Å². The number of fused-ring (bicyclic) bond motifs is 1. The summed E-state index contributed by atoms with van der Waals surface area (Å²) in [4.78, 5) is 20.1. The summed E-state index contributed by atoms with van der Waals surface area (Å²) in [5.74, 6) is 0.381. The van der Waals surface area contributed by atoms with Gasteiger partial charge in [0.2, 0.25) is 5.58 Å². The molecule has 0 fully saturated rings. The largest absolute Gasteiger partial charge is 0.411 e. The second kappa shape index (κ2) is 6.44. The molecule has 0 aliphatic rings. The summed E-state index contributed by atoms with van der Waals surface area (Å²) < 4.78 is 5.84. The van der Waals surface area contributed by atoms with Crippen molar-refractivity contribution in [3.8, 4) is 11.5 Å². The van der Waals surface area contributed by atoms with Gasteiger partial charge in [-0.05, 0) is 55.8 Å². The second-order valence-corrected chi connectivity index (χ2v) is 6.20. The molecule has 2 aromatic carbocycles. The topological polar surface area (TPSA) is 69.3 Å². The van der Waals surface area contributed by atoms with E-state index in [0.29, 0.717) is 22.7 Å². The Morgan fingerprint density at radius 1 is 1.08 bits per heavy atom. The Hall–Kier alpha value is -3.47. The third-order valence-corrected chi connectivity index (χ3v) is 4.31. The van der Waals surface area contributed by atoms with Gasteiger partial charge in [-0.25, -0.2) is 4.98 Å². The van der Waals surface area contributed by atoms with Gasteiger partial charge in [0.1, 0.15) is 0 Å². The summed E-state index contributed by atoms with van der Waals surface area (Å²) in [6, 6.07) is 16.9. The maximum Gasteiger partial charge on any atom is 0.368 e. The van der Waals surface area contributed by atoms with E-state index < -0.39 is 0 Å². The fourth-order valence-electron chi connectivity index (χ4n) is 2.91. The van der Waals surface area contributed by atoms with E-state index in [-0.39, 0.29) is 5.91 Å². The van der Waals surface area contributed by atoms with E-state index in [4.69, 9.17) is 4.42 Å². The minimum absolute atomic E-state index is 0.139. The normalized spacial score (nSPS) is 10.8. The Kier molecular flexibility index (Phi) is 3.97. The van der Waals surface area contributed by atoms with Gasteiger partial charge in [-0.15, -0.1) is 0 Å². The number of aromatic nitrogens is 2. The Balaban J connectivity index is 1.68. The van der Waals surface area contributed by atoms with Crippen LogP contribution in [0.4, 0.5) is 5.69 Å². The van der Waals surface area contributed by atoms with Crippen molar-refractivity contribution >= 4 is 22.8 Å². The number of anilines is 1. The number of hydrogen-bond acceptors (Lipinski definition) is 3. The third kappa shape index (κ3) is 2.95. The average molecular weight is 344 g/mol. The molecule has 4 aromatic rings. The Bertz CT molecular complexity index is 1080. The zero-order chi connectivity index (χ0) is 18.1. The van der Waals surface area contributed by atoms with Crippen molar-refractivity contribution in [3.63, 3.8) is 0 Å². The smallest absolute Gasteiger partial charge is 0.368 e. The molecule has 5 heteroatoms. The van der Waals surface area contributed by atoms with E-state index in [9.17, 15) is 4.79 Å². The number of rotatable bonds is 3. The molecule has 0 aliphatic heterocycles. The highest BCUT2D eigenvalue weighted by Gasteiger charge is 2.20. The molecule has 0 bridgehead atoms. The molecule has 0 atom stereocenters. The number of carbonyl (C=O) groups excluding carboxylic acids is 1. The van der Waals surface area contributed by atoms with E-state index in [1.807, 2.05) is 62.4 Å². The standard InChI is InChI=1S/C21H17N3O2/c1-13-6-3-7-15(12-13)20(25)23-17-9-4-8-16(14(17)2)21-24-19-18(26-21)10-5-11-22-19/h3-12H,1-2H3,(H,23,25)/p+1. The van der Waals surface area contributed by atoms with Crippen molar-refractivity contribution in [2.24, 2.45) is 0 Å². The number of benzene rings is 2. The van der Waals surface area contributed by atoms with Gasteiger partial charge in [0.15, 0.2) is 0 Å². The van der Waals surface area contributed by atoms with Crippen LogP contribution in [-0.4, -0.2) is 10.9 Å². The highest BCUT2D eigenvalue weighted by Crippen LogP contribution is 2.29. The van der Waals surface area contributed by atoms with Gasteiger partial charge in [0.05, 0.1) is 11.8 Å². The summed E-state index contributed by atoms with van der Waals surface area (Å²) >= 11 is 0. The minimum atomic E-state index is -0.139. The number of amides is 1. The van der Waals surface area contributed by atoms with Gasteiger partial charge in [-0.2, -0.15) is 0 Å². The molecule has 128 valence electrons. The van der Waals surface area contributed by atoms with Crippen LogP contribution in [0.2, 0.25) is 0 Å². The van der Waals surface area contributed by atoms with Crippen molar-refractivity contribution in [1.29, 1.82) is 0 Å². The average Bonchev–Trinajstić information content (AvgIpc) is 3.07. The lowest BCUT2D eigenvalue weighted by molar-refractivity contribution is -0.347. The van der Waals surface area contributed by atoms with Gasteiger partial charge in [0, 0.05) is 16.2 Å². The van der Waals surface area contributed by atoms with Crippen LogP contribution in [0.5, 0.6) is 0 Å². The SMILES string of the molecule is Cc1cccc(C(=O)Nc2cccc(-c3nc4[nH+]cccc4o3)c2C)c1. The molecule has 1 amide bonds. The monoisotopic (exact) mass is 344 g/mol. The zero-order valence-corrected chi connectivity index (χ0v) is 14.5. The first-order valence-electron chi connectivity index (χ1n) is 8.37. The van der Waals surface area contributed by atoms with Crippen molar-refractivity contribution in [1.82, 2.24) is 4.98 Å². The van der Waals surface area contributed by atoms with Crippen molar-refractivity contribution in [2.45, 2.75) is 13.8 Å². The number of H-pyrrole nitrogens is 1. The van der Waals surface area contributed by atoms with Crippen molar-refractivity contribution in [3.05, 3.63) is 77.5 Å². The number of carbonyl (C=O) groups is 1. The first kappa shape index (κ1) is 16.0. The zero-order valence-electron chi connectivity index (χ0n) is 14.5. The summed E-state index contributed by atoms with van der Waals surface area (Å²) in [6.07, 6.45) is 1.81. The second-order valence-electron chi connectivity index (χ2n) is 6.20. The first-order valence-corrected chi connectivity index (χ1v) is 8.37. The number of oxazole rings is 1. The van der Waals surface area contributed by atoms with E-state index in [1.165, 1.54) is 0 Å². The number of nitrogens with zero attached hydrogens (tertiary/aromatic N) is 1. The van der Waals surface area contributed by atoms with Crippen LogP contribution >= 0.6 is 0 Å². The quantitative estimate of drug-likeness (QED) is 0.606. The van der Waals surface area contributed by atoms with Crippen LogP contribution < -0.4 is 10.3 Å². The predicted molar refractivity (Wildman–Crippen MR) is 99.9 cm³/mol. The number of pyridine rings is 1. The Morgan fingerprint density at radius 2 is 1.92 bits per heavy atom. The molecule has 5 nitrogen and oxygen atoms in total. The summed E-state index contributed by atoms with van der Waals surface area (Å²) in [5.41, 5.74) is 5.54. The molecule has 4 rings (SSSR count). The van der Waals surface area contributed by atoms with Crippen LogP contribution in [0.15, 0.2) is 65.2 Å². The molecular formula is C21H18N3O2+. The lowest BCUT2D eigenvalue weighted by Gasteiger charge is -2.10. The van der Waals surface area contributed by atoms with Gasteiger partial charge in [0.25, 0.3) is 5.91 Å². The first-order chi connectivity index (χ1) is 12.6. The summed E-state index contributed by atoms with van der Waals surface area (Å²) in [6.45, 7) is 3.91. The lowest BCUT2D eigenvalue weighted by atomic mass is 10.1. The number of hydrogen-bond donors (Lipinski definition) is 1. The van der Waals surface area contributed by atoms with Gasteiger partial charge in [-0.3, -0.25) is 4.79 Å². The van der Waals surface area contributed by atoms with E-state index in [2.05, 4.69) is 15.3 Å². The maximum atomic E-state index is 12.6. The van der Waals surface area contributed by atoms with Crippen LogP contribution in [0, 0.1) is 13.8 Å². The van der Waals surface area contributed by atoms with Crippen LogP contribution in [0.1, 0.15) is 21.5 Å². The number of nitrogens with one attached hydrogen (secondary N) is 2. The molecule has 26 heavy (non-hydrogen) atoms. The molecule has 2 heterocycles.